The second kappa shape index (κ2) is 8.16. The molecule has 4 nitrogen and oxygen atoms in total. The van der Waals surface area contributed by atoms with Crippen LogP contribution in [0.1, 0.15) is 38.5 Å². The molecule has 0 aromatic heterocycles. The number of carbonyl (C=O) groups is 2. The molecule has 0 amide bonds. The topological polar surface area (TPSA) is 52.6 Å². The predicted octanol–water partition coefficient (Wildman–Crippen LogP) is 3.28. The number of ether oxygens (including phenoxy) is 2. The van der Waals surface area contributed by atoms with E-state index >= 15 is 0 Å². The van der Waals surface area contributed by atoms with E-state index in [0.717, 1.165) is 25.7 Å². The molecule has 0 radical (unpaired) electrons. The van der Waals surface area contributed by atoms with Gasteiger partial charge in [0.05, 0.1) is 11.8 Å². The van der Waals surface area contributed by atoms with Crippen LogP contribution >= 0.6 is 0 Å². The van der Waals surface area contributed by atoms with Gasteiger partial charge < -0.3 is 9.47 Å². The third-order valence-electron chi connectivity index (χ3n) is 4.96. The maximum absolute atomic E-state index is 12.3. The van der Waals surface area contributed by atoms with Crippen LogP contribution < -0.4 is 0 Å². The molecule has 122 valence electrons. The van der Waals surface area contributed by atoms with Gasteiger partial charge in [0.2, 0.25) is 0 Å². The zero-order chi connectivity index (χ0) is 15.9. The molecule has 2 rings (SSSR count). The Morgan fingerprint density at radius 3 is 1.64 bits per heavy atom. The van der Waals surface area contributed by atoms with Crippen molar-refractivity contribution < 1.29 is 19.1 Å². The Morgan fingerprint density at radius 1 is 0.864 bits per heavy atom. The smallest absolute Gasteiger partial charge is 0.310 e. The largest absolute Gasteiger partial charge is 0.461 e. The molecule has 0 saturated heterocycles. The molecule has 2 aliphatic carbocycles. The van der Waals surface area contributed by atoms with E-state index in [0.29, 0.717) is 11.8 Å². The Balaban J connectivity index is 2.08. The summed E-state index contributed by atoms with van der Waals surface area (Å²) in [6.45, 7) is 7.50. The van der Waals surface area contributed by atoms with Gasteiger partial charge in [-0.2, -0.15) is 0 Å². The van der Waals surface area contributed by atoms with Crippen molar-refractivity contribution in [3.8, 4) is 0 Å². The highest BCUT2D eigenvalue weighted by molar-refractivity contribution is 5.82. The van der Waals surface area contributed by atoms with Crippen molar-refractivity contribution in [3.05, 3.63) is 25.3 Å². The van der Waals surface area contributed by atoms with Crippen molar-refractivity contribution in [1.29, 1.82) is 0 Å². The van der Waals surface area contributed by atoms with E-state index in [-0.39, 0.29) is 37.0 Å². The number of rotatable bonds is 6. The number of carbonyl (C=O) groups excluding carboxylic acids is 2. The second-order valence-electron chi connectivity index (χ2n) is 6.33. The number of hydrogen-bond acceptors (Lipinski definition) is 4. The van der Waals surface area contributed by atoms with Crippen LogP contribution in [-0.2, 0) is 19.1 Å². The molecule has 22 heavy (non-hydrogen) atoms. The molecular formula is C18H26O4. The summed E-state index contributed by atoms with van der Waals surface area (Å²) in [5, 5.41) is 0. The summed E-state index contributed by atoms with van der Waals surface area (Å²) >= 11 is 0. The predicted molar refractivity (Wildman–Crippen MR) is 84.0 cm³/mol. The first kappa shape index (κ1) is 16.8. The lowest BCUT2D eigenvalue weighted by atomic mass is 9.63. The molecule has 0 heterocycles. The summed E-state index contributed by atoms with van der Waals surface area (Å²) < 4.78 is 10.4. The molecule has 0 aromatic rings. The van der Waals surface area contributed by atoms with Gasteiger partial charge in [-0.1, -0.05) is 51.0 Å². The van der Waals surface area contributed by atoms with Gasteiger partial charge in [-0.3, -0.25) is 9.59 Å². The van der Waals surface area contributed by atoms with Gasteiger partial charge in [-0.05, 0) is 24.7 Å². The fraction of sp³-hybridized carbons (Fsp3) is 0.667. The molecule has 2 aliphatic rings. The monoisotopic (exact) mass is 306 g/mol. The average molecular weight is 306 g/mol. The Hall–Kier alpha value is -1.58. The van der Waals surface area contributed by atoms with Gasteiger partial charge in [0.25, 0.3) is 0 Å². The van der Waals surface area contributed by atoms with Gasteiger partial charge in [-0.25, -0.2) is 0 Å². The minimum absolute atomic E-state index is 0.192. The second-order valence-corrected chi connectivity index (χ2v) is 6.33. The van der Waals surface area contributed by atoms with Crippen molar-refractivity contribution in [2.75, 3.05) is 13.2 Å². The van der Waals surface area contributed by atoms with Gasteiger partial charge >= 0.3 is 11.9 Å². The first-order valence-electron chi connectivity index (χ1n) is 8.22. The van der Waals surface area contributed by atoms with Crippen LogP contribution in [-0.4, -0.2) is 25.2 Å². The van der Waals surface area contributed by atoms with Crippen LogP contribution in [0.4, 0.5) is 0 Å². The summed E-state index contributed by atoms with van der Waals surface area (Å²) in [5.41, 5.74) is 0. The first-order chi connectivity index (χ1) is 10.7. The molecule has 4 atom stereocenters. The van der Waals surface area contributed by atoms with Crippen molar-refractivity contribution in [3.63, 3.8) is 0 Å². The van der Waals surface area contributed by atoms with Crippen LogP contribution in [0.25, 0.3) is 0 Å². The number of fused-ring (bicyclic) bond motifs is 1. The molecule has 4 heteroatoms. The molecule has 2 fully saturated rings. The van der Waals surface area contributed by atoms with Crippen LogP contribution in [0.3, 0.4) is 0 Å². The van der Waals surface area contributed by atoms with Crippen LogP contribution in [0.5, 0.6) is 0 Å². The van der Waals surface area contributed by atoms with Crippen molar-refractivity contribution in [2.45, 2.75) is 38.5 Å². The van der Waals surface area contributed by atoms with E-state index in [1.807, 2.05) is 0 Å². The normalized spacial score (nSPS) is 30.7. The van der Waals surface area contributed by atoms with Crippen LogP contribution in [0.2, 0.25) is 0 Å². The summed E-state index contributed by atoms with van der Waals surface area (Å²) in [5.74, 6) is -0.251. The highest BCUT2D eigenvalue weighted by Gasteiger charge is 2.45. The zero-order valence-electron chi connectivity index (χ0n) is 13.2. The van der Waals surface area contributed by atoms with Crippen LogP contribution in [0.15, 0.2) is 25.3 Å². The van der Waals surface area contributed by atoms with E-state index in [1.165, 1.54) is 12.8 Å². The van der Waals surface area contributed by atoms with E-state index < -0.39 is 0 Å². The number of hydrogen-bond donors (Lipinski definition) is 0. The van der Waals surface area contributed by atoms with E-state index in [4.69, 9.17) is 9.47 Å². The van der Waals surface area contributed by atoms with Gasteiger partial charge in [0.1, 0.15) is 13.2 Å². The van der Waals surface area contributed by atoms with Crippen molar-refractivity contribution >= 4 is 11.9 Å². The molecule has 0 spiro atoms. The van der Waals surface area contributed by atoms with E-state index in [9.17, 15) is 9.59 Å². The SMILES string of the molecule is C=CCOC(=O)C1CC2CCCCC2CC1C(=O)OCC=C. The molecule has 0 bridgehead atoms. The van der Waals surface area contributed by atoms with Crippen LogP contribution in [0, 0.1) is 23.7 Å². The third-order valence-corrected chi connectivity index (χ3v) is 4.96. The lowest BCUT2D eigenvalue weighted by Gasteiger charge is -2.41. The minimum atomic E-state index is -0.378. The van der Waals surface area contributed by atoms with Gasteiger partial charge in [0, 0.05) is 0 Å². The average Bonchev–Trinajstić information content (AvgIpc) is 2.56. The summed E-state index contributed by atoms with van der Waals surface area (Å²) in [6.07, 6.45) is 9.35. The quantitative estimate of drug-likeness (QED) is 0.558. The lowest BCUT2D eigenvalue weighted by Crippen LogP contribution is -2.42. The summed E-state index contributed by atoms with van der Waals surface area (Å²) in [6, 6.07) is 0. The molecule has 2 saturated carbocycles. The fourth-order valence-electron chi connectivity index (χ4n) is 3.90. The fourth-order valence-corrected chi connectivity index (χ4v) is 3.90. The maximum Gasteiger partial charge on any atom is 0.310 e. The summed E-state index contributed by atoms with van der Waals surface area (Å²) in [4.78, 5) is 24.6. The Bertz CT molecular complexity index is 389. The maximum atomic E-state index is 12.3. The Labute approximate surface area is 132 Å². The third kappa shape index (κ3) is 3.99. The lowest BCUT2D eigenvalue weighted by molar-refractivity contribution is -0.164. The summed E-state index contributed by atoms with van der Waals surface area (Å²) in [7, 11) is 0. The molecular weight excluding hydrogens is 280 g/mol. The standard InChI is InChI=1S/C18H26O4/c1-3-9-21-17(19)15-11-13-7-5-6-8-14(13)12-16(15)18(20)22-10-4-2/h3-4,13-16H,1-2,5-12H2. The Kier molecular flexibility index (Phi) is 6.22. The minimum Gasteiger partial charge on any atom is -0.461 e. The Morgan fingerprint density at radius 2 is 1.27 bits per heavy atom. The van der Waals surface area contributed by atoms with Gasteiger partial charge in [0.15, 0.2) is 0 Å². The van der Waals surface area contributed by atoms with Crippen molar-refractivity contribution in [1.82, 2.24) is 0 Å². The molecule has 0 N–H and O–H groups in total. The molecule has 0 aromatic carbocycles. The van der Waals surface area contributed by atoms with E-state index in [1.54, 1.807) is 12.2 Å². The van der Waals surface area contributed by atoms with Gasteiger partial charge in [-0.15, -0.1) is 0 Å². The van der Waals surface area contributed by atoms with Crippen molar-refractivity contribution in [2.24, 2.45) is 23.7 Å². The number of esters is 2. The zero-order valence-corrected chi connectivity index (χ0v) is 13.2. The first-order valence-corrected chi connectivity index (χ1v) is 8.22. The van der Waals surface area contributed by atoms with E-state index in [2.05, 4.69) is 13.2 Å². The highest BCUT2D eigenvalue weighted by atomic mass is 16.5. The highest BCUT2D eigenvalue weighted by Crippen LogP contribution is 2.46. The molecule has 0 aliphatic heterocycles. The molecule has 4 unspecified atom stereocenters.